The zero-order valence-corrected chi connectivity index (χ0v) is 6.38. The molecule has 0 saturated carbocycles. The molecule has 62 valence electrons. The summed E-state index contributed by atoms with van der Waals surface area (Å²) >= 11 is 0. The molecule has 0 fully saturated rings. The lowest BCUT2D eigenvalue weighted by Crippen LogP contribution is -1.99. The topological polar surface area (TPSA) is 39.2 Å². The van der Waals surface area contributed by atoms with Gasteiger partial charge in [-0.1, -0.05) is 0 Å². The van der Waals surface area contributed by atoms with Crippen LogP contribution in [-0.4, -0.2) is 0 Å². The van der Waals surface area contributed by atoms with Gasteiger partial charge < -0.3 is 10.2 Å². The second kappa shape index (κ2) is 2.60. The minimum Gasteiger partial charge on any atom is -0.464 e. The van der Waals surface area contributed by atoms with Crippen molar-refractivity contribution in [1.82, 2.24) is 0 Å². The van der Waals surface area contributed by atoms with E-state index in [4.69, 9.17) is 10.2 Å². The minimum atomic E-state index is -0.306. The summed E-state index contributed by atoms with van der Waals surface area (Å²) in [7, 11) is 0. The van der Waals surface area contributed by atoms with E-state index in [-0.39, 0.29) is 12.4 Å². The van der Waals surface area contributed by atoms with Crippen molar-refractivity contribution in [2.24, 2.45) is 5.73 Å². The maximum Gasteiger partial charge on any atom is 0.141 e. The summed E-state index contributed by atoms with van der Waals surface area (Å²) in [6, 6.07) is 4.86. The van der Waals surface area contributed by atoms with Crippen LogP contribution in [0.4, 0.5) is 4.39 Å². The summed E-state index contributed by atoms with van der Waals surface area (Å²) in [5.41, 5.74) is 6.37. The molecule has 2 rings (SSSR count). The maximum atomic E-state index is 13.1. The van der Waals surface area contributed by atoms with Crippen LogP contribution in [0.25, 0.3) is 11.0 Å². The Hall–Kier alpha value is -1.35. The number of rotatable bonds is 1. The van der Waals surface area contributed by atoms with Crippen LogP contribution in [0.3, 0.4) is 0 Å². The van der Waals surface area contributed by atoms with Crippen LogP contribution in [0, 0.1) is 5.82 Å². The molecule has 0 bridgehead atoms. The van der Waals surface area contributed by atoms with Crippen LogP contribution in [0.2, 0.25) is 0 Å². The van der Waals surface area contributed by atoms with Crippen molar-refractivity contribution in [1.29, 1.82) is 0 Å². The third-order valence-corrected chi connectivity index (χ3v) is 1.87. The number of nitrogens with two attached hydrogens (primary N) is 1. The van der Waals surface area contributed by atoms with Crippen LogP contribution in [-0.2, 0) is 6.54 Å². The molecule has 0 aliphatic heterocycles. The van der Waals surface area contributed by atoms with Crippen molar-refractivity contribution in [2.45, 2.75) is 6.54 Å². The van der Waals surface area contributed by atoms with E-state index in [2.05, 4.69) is 0 Å². The highest BCUT2D eigenvalue weighted by atomic mass is 19.1. The van der Waals surface area contributed by atoms with Crippen molar-refractivity contribution >= 4 is 11.0 Å². The largest absolute Gasteiger partial charge is 0.464 e. The third kappa shape index (κ3) is 0.905. The summed E-state index contributed by atoms with van der Waals surface area (Å²) in [5, 5.41) is 0.886. The highest BCUT2D eigenvalue weighted by molar-refractivity contribution is 5.80. The number of fused-ring (bicyclic) bond motifs is 1. The molecule has 1 aromatic heterocycles. The Kier molecular flexibility index (Phi) is 1.59. The summed E-state index contributed by atoms with van der Waals surface area (Å²) in [6.07, 6.45) is 1.53. The van der Waals surface area contributed by atoms with Gasteiger partial charge in [-0.25, -0.2) is 4.39 Å². The van der Waals surface area contributed by atoms with Crippen LogP contribution in [0.15, 0.2) is 28.9 Å². The number of furan rings is 1. The van der Waals surface area contributed by atoms with E-state index in [0.717, 1.165) is 5.39 Å². The summed E-state index contributed by atoms with van der Waals surface area (Å²) in [5.74, 6) is -0.306. The number of hydrogen-bond acceptors (Lipinski definition) is 2. The average Bonchev–Trinajstić information content (AvgIpc) is 2.52. The molecule has 0 spiro atoms. The Bertz CT molecular complexity index is 408. The number of halogens is 1. The number of benzene rings is 1. The first kappa shape index (κ1) is 7.31. The molecule has 12 heavy (non-hydrogen) atoms. The molecule has 1 aromatic carbocycles. The Morgan fingerprint density at radius 1 is 1.33 bits per heavy atom. The van der Waals surface area contributed by atoms with Gasteiger partial charge in [-0.2, -0.15) is 0 Å². The van der Waals surface area contributed by atoms with E-state index >= 15 is 0 Å². The van der Waals surface area contributed by atoms with Gasteiger partial charge in [-0.15, -0.1) is 0 Å². The summed E-state index contributed by atoms with van der Waals surface area (Å²) in [6.45, 7) is 0.163. The van der Waals surface area contributed by atoms with Gasteiger partial charge >= 0.3 is 0 Å². The van der Waals surface area contributed by atoms with E-state index in [9.17, 15) is 4.39 Å². The first-order chi connectivity index (χ1) is 5.83. The molecule has 0 aliphatic rings. The molecule has 0 aliphatic carbocycles. The van der Waals surface area contributed by atoms with Gasteiger partial charge in [0.05, 0.1) is 6.26 Å². The minimum absolute atomic E-state index is 0.163. The SMILES string of the molecule is NCc1c(F)ccc2ccoc12. The second-order valence-electron chi connectivity index (χ2n) is 2.57. The van der Waals surface area contributed by atoms with E-state index in [1.807, 2.05) is 0 Å². The van der Waals surface area contributed by atoms with Gasteiger partial charge in [-0.05, 0) is 18.2 Å². The molecule has 1 heterocycles. The van der Waals surface area contributed by atoms with Gasteiger partial charge in [0, 0.05) is 17.5 Å². The van der Waals surface area contributed by atoms with Crippen LogP contribution in [0.5, 0.6) is 0 Å². The Balaban J connectivity index is 2.83. The molecule has 2 N–H and O–H groups in total. The first-order valence-electron chi connectivity index (χ1n) is 3.67. The quantitative estimate of drug-likeness (QED) is 0.702. The molecule has 0 saturated heterocycles. The smallest absolute Gasteiger partial charge is 0.141 e. The van der Waals surface area contributed by atoms with Crippen LogP contribution >= 0.6 is 0 Å². The van der Waals surface area contributed by atoms with Gasteiger partial charge in [0.25, 0.3) is 0 Å². The fourth-order valence-electron chi connectivity index (χ4n) is 1.26. The molecule has 0 radical (unpaired) electrons. The predicted molar refractivity (Wildman–Crippen MR) is 44.1 cm³/mol. The Morgan fingerprint density at radius 3 is 2.92 bits per heavy atom. The lowest BCUT2D eigenvalue weighted by molar-refractivity contribution is 0.583. The highest BCUT2D eigenvalue weighted by Crippen LogP contribution is 2.21. The fraction of sp³-hybridized carbons (Fsp3) is 0.111. The predicted octanol–water partition coefficient (Wildman–Crippen LogP) is 2.03. The fourth-order valence-corrected chi connectivity index (χ4v) is 1.26. The lowest BCUT2D eigenvalue weighted by Gasteiger charge is -1.98. The lowest BCUT2D eigenvalue weighted by atomic mass is 10.1. The van der Waals surface area contributed by atoms with Gasteiger partial charge in [0.1, 0.15) is 11.4 Å². The standard InChI is InChI=1S/C9H8FNO/c10-8-2-1-6-3-4-12-9(6)7(8)5-11/h1-4H,5,11H2. The van der Waals surface area contributed by atoms with E-state index in [1.54, 1.807) is 12.1 Å². The van der Waals surface area contributed by atoms with Gasteiger partial charge in [-0.3, -0.25) is 0 Å². The molecular formula is C9H8FNO. The van der Waals surface area contributed by atoms with Crippen molar-refractivity contribution in [2.75, 3.05) is 0 Å². The van der Waals surface area contributed by atoms with Crippen molar-refractivity contribution < 1.29 is 8.81 Å². The molecule has 2 nitrogen and oxygen atoms in total. The summed E-state index contributed by atoms with van der Waals surface area (Å²) < 4.78 is 18.2. The highest BCUT2D eigenvalue weighted by Gasteiger charge is 2.07. The molecule has 0 unspecified atom stereocenters. The van der Waals surface area contributed by atoms with E-state index < -0.39 is 0 Å². The molecule has 0 atom stereocenters. The monoisotopic (exact) mass is 165 g/mol. The van der Waals surface area contributed by atoms with E-state index in [0.29, 0.717) is 11.1 Å². The Morgan fingerprint density at radius 2 is 2.17 bits per heavy atom. The number of hydrogen-bond donors (Lipinski definition) is 1. The van der Waals surface area contributed by atoms with Crippen molar-refractivity contribution in [3.8, 4) is 0 Å². The van der Waals surface area contributed by atoms with Gasteiger partial charge in [0.15, 0.2) is 0 Å². The Labute approximate surface area is 68.8 Å². The molecule has 3 heteroatoms. The average molecular weight is 165 g/mol. The van der Waals surface area contributed by atoms with Gasteiger partial charge in [0.2, 0.25) is 0 Å². The van der Waals surface area contributed by atoms with Crippen molar-refractivity contribution in [3.05, 3.63) is 35.8 Å². The first-order valence-corrected chi connectivity index (χ1v) is 3.67. The zero-order valence-electron chi connectivity index (χ0n) is 6.38. The van der Waals surface area contributed by atoms with Crippen LogP contribution in [0.1, 0.15) is 5.56 Å². The third-order valence-electron chi connectivity index (χ3n) is 1.87. The molecular weight excluding hydrogens is 157 g/mol. The maximum absolute atomic E-state index is 13.1. The zero-order chi connectivity index (χ0) is 8.55. The molecule has 2 aromatic rings. The molecule has 0 amide bonds. The van der Waals surface area contributed by atoms with Crippen molar-refractivity contribution in [3.63, 3.8) is 0 Å². The van der Waals surface area contributed by atoms with E-state index in [1.165, 1.54) is 12.3 Å². The summed E-state index contributed by atoms with van der Waals surface area (Å²) in [4.78, 5) is 0. The second-order valence-corrected chi connectivity index (χ2v) is 2.57. The van der Waals surface area contributed by atoms with Crippen LogP contribution < -0.4 is 5.73 Å². The normalized spacial score (nSPS) is 10.8.